The first kappa shape index (κ1) is 24.7. The van der Waals surface area contributed by atoms with E-state index in [1.54, 1.807) is 5.57 Å². The van der Waals surface area contributed by atoms with Crippen LogP contribution in [0.15, 0.2) is 35.5 Å². The van der Waals surface area contributed by atoms with Crippen LogP contribution in [0.25, 0.3) is 0 Å². The molecular weight excluding hydrogens is 384 g/mol. The molecule has 3 fully saturated rings. The van der Waals surface area contributed by atoms with Crippen LogP contribution in [0.4, 0.5) is 0 Å². The lowest BCUT2D eigenvalue weighted by molar-refractivity contribution is 0.0650. The van der Waals surface area contributed by atoms with E-state index in [0.717, 1.165) is 35.8 Å². The second-order valence-electron chi connectivity index (χ2n) is 11.7. The van der Waals surface area contributed by atoms with E-state index in [4.69, 9.17) is 0 Å². The largest absolute Gasteiger partial charge is 0.393 e. The van der Waals surface area contributed by atoms with Gasteiger partial charge in [0, 0.05) is 6.42 Å². The molecule has 0 spiro atoms. The average Bonchev–Trinajstić information content (AvgIpc) is 3.03. The maximum Gasteiger partial charge on any atom is 0.0811 e. The fraction of sp³-hybridized carbons (Fsp3) is 0.786. The van der Waals surface area contributed by atoms with Crippen LogP contribution < -0.4 is 0 Å². The van der Waals surface area contributed by atoms with Crippen molar-refractivity contribution in [2.45, 2.75) is 116 Å². The van der Waals surface area contributed by atoms with Gasteiger partial charge in [0.05, 0.1) is 17.8 Å². The predicted octanol–water partition coefficient (Wildman–Crippen LogP) is 6.09. The molecule has 3 nitrogen and oxygen atoms in total. The van der Waals surface area contributed by atoms with E-state index in [1.165, 1.54) is 44.9 Å². The second-order valence-corrected chi connectivity index (χ2v) is 11.7. The SMILES string of the molecule is C=C1/C(=C\C=C2/CCC[C@]3(C)[C@@H]([C@@H](C)CCCCC(C)(C)O)CC[C@@H]23)C[C@@H](O)C[C@@H]1O. The van der Waals surface area contributed by atoms with E-state index in [-0.39, 0.29) is 0 Å². The summed E-state index contributed by atoms with van der Waals surface area (Å²) in [6, 6.07) is 0. The Morgan fingerprint density at radius 2 is 1.94 bits per heavy atom. The molecule has 3 heteroatoms. The van der Waals surface area contributed by atoms with Crippen LogP contribution in [0.5, 0.6) is 0 Å². The van der Waals surface area contributed by atoms with Crippen molar-refractivity contribution in [2.75, 3.05) is 0 Å². The van der Waals surface area contributed by atoms with Gasteiger partial charge in [0.25, 0.3) is 0 Å². The molecule has 0 radical (unpaired) electrons. The van der Waals surface area contributed by atoms with Crippen molar-refractivity contribution in [1.82, 2.24) is 0 Å². The van der Waals surface area contributed by atoms with E-state index in [2.05, 4.69) is 32.6 Å². The summed E-state index contributed by atoms with van der Waals surface area (Å²) in [6.45, 7) is 12.9. The van der Waals surface area contributed by atoms with E-state index in [0.29, 0.717) is 24.2 Å². The normalized spacial score (nSPS) is 38.0. The summed E-state index contributed by atoms with van der Waals surface area (Å²) < 4.78 is 0. The van der Waals surface area contributed by atoms with Crippen molar-refractivity contribution in [3.05, 3.63) is 35.5 Å². The third-order valence-corrected chi connectivity index (χ3v) is 8.69. The zero-order valence-corrected chi connectivity index (χ0v) is 20.4. The van der Waals surface area contributed by atoms with E-state index < -0.39 is 17.8 Å². The van der Waals surface area contributed by atoms with Gasteiger partial charge in [-0.15, -0.1) is 0 Å². The van der Waals surface area contributed by atoms with Gasteiger partial charge in [0.1, 0.15) is 0 Å². The van der Waals surface area contributed by atoms with Crippen molar-refractivity contribution in [3.8, 4) is 0 Å². The molecule has 3 saturated carbocycles. The lowest BCUT2D eigenvalue weighted by Crippen LogP contribution is -2.36. The molecule has 0 aromatic carbocycles. The van der Waals surface area contributed by atoms with Gasteiger partial charge in [-0.25, -0.2) is 0 Å². The molecule has 3 rings (SSSR count). The van der Waals surface area contributed by atoms with Crippen LogP contribution in [0.1, 0.15) is 98.3 Å². The summed E-state index contributed by atoms with van der Waals surface area (Å²) >= 11 is 0. The molecular formula is C28H46O3. The van der Waals surface area contributed by atoms with Crippen molar-refractivity contribution in [2.24, 2.45) is 23.2 Å². The maximum atomic E-state index is 10.1. The van der Waals surface area contributed by atoms with Crippen LogP contribution in [0, 0.1) is 23.2 Å². The molecule has 0 unspecified atom stereocenters. The smallest absolute Gasteiger partial charge is 0.0811 e. The number of aliphatic hydroxyl groups is 3. The highest BCUT2D eigenvalue weighted by atomic mass is 16.3. The lowest BCUT2D eigenvalue weighted by atomic mass is 9.60. The Bertz CT molecular complexity index is 698. The molecule has 3 aliphatic carbocycles. The second kappa shape index (κ2) is 9.93. The van der Waals surface area contributed by atoms with Crippen LogP contribution in [-0.4, -0.2) is 33.1 Å². The first-order valence-corrected chi connectivity index (χ1v) is 12.7. The first-order valence-electron chi connectivity index (χ1n) is 12.7. The van der Waals surface area contributed by atoms with Gasteiger partial charge in [0.2, 0.25) is 0 Å². The zero-order valence-electron chi connectivity index (χ0n) is 20.4. The Hall–Kier alpha value is -0.900. The number of fused-ring (bicyclic) bond motifs is 1. The van der Waals surface area contributed by atoms with E-state index >= 15 is 0 Å². The third-order valence-electron chi connectivity index (χ3n) is 8.69. The summed E-state index contributed by atoms with van der Waals surface area (Å²) in [5, 5.41) is 30.2. The van der Waals surface area contributed by atoms with Gasteiger partial charge in [0.15, 0.2) is 0 Å². The predicted molar refractivity (Wildman–Crippen MR) is 129 cm³/mol. The van der Waals surface area contributed by atoms with Gasteiger partial charge in [-0.05, 0) is 93.1 Å². The van der Waals surface area contributed by atoms with Crippen molar-refractivity contribution < 1.29 is 15.3 Å². The summed E-state index contributed by atoms with van der Waals surface area (Å²) in [6.07, 6.45) is 15.2. The molecule has 3 aliphatic rings. The van der Waals surface area contributed by atoms with Gasteiger partial charge in [-0.3, -0.25) is 0 Å². The first-order chi connectivity index (χ1) is 14.5. The number of allylic oxidation sites excluding steroid dienone is 3. The van der Waals surface area contributed by atoms with Crippen molar-refractivity contribution in [1.29, 1.82) is 0 Å². The van der Waals surface area contributed by atoms with Gasteiger partial charge >= 0.3 is 0 Å². The number of hydrogen-bond acceptors (Lipinski definition) is 3. The molecule has 0 aromatic rings. The number of rotatable bonds is 7. The highest BCUT2D eigenvalue weighted by Crippen LogP contribution is 2.60. The van der Waals surface area contributed by atoms with Crippen LogP contribution in [-0.2, 0) is 0 Å². The van der Waals surface area contributed by atoms with Crippen molar-refractivity contribution >= 4 is 0 Å². The third kappa shape index (κ3) is 5.92. The van der Waals surface area contributed by atoms with Crippen LogP contribution >= 0.6 is 0 Å². The average molecular weight is 431 g/mol. The lowest BCUT2D eigenvalue weighted by Gasteiger charge is -2.44. The Kier molecular flexibility index (Phi) is 7.92. The molecule has 0 bridgehead atoms. The minimum atomic E-state index is -0.613. The minimum Gasteiger partial charge on any atom is -0.393 e. The molecule has 6 atom stereocenters. The van der Waals surface area contributed by atoms with Crippen LogP contribution in [0.3, 0.4) is 0 Å². The molecule has 176 valence electrons. The van der Waals surface area contributed by atoms with Gasteiger partial charge in [-0.2, -0.15) is 0 Å². The van der Waals surface area contributed by atoms with Crippen LogP contribution in [0.2, 0.25) is 0 Å². The molecule has 31 heavy (non-hydrogen) atoms. The summed E-state index contributed by atoms with van der Waals surface area (Å²) in [5.74, 6) is 2.18. The van der Waals surface area contributed by atoms with Gasteiger partial charge < -0.3 is 15.3 Å². The standard InChI is InChI=1S/C28H46O3/c1-19(9-6-7-15-27(3,4)31)24-13-14-25-21(10-8-16-28(24,25)5)11-12-22-17-23(29)18-26(30)20(22)2/h11-12,19,23-26,29-31H,2,6-10,13-18H2,1,3-5H3/b21-11+,22-12-/t19-,23+,24+,25-,26-,28+/m0/s1. The topological polar surface area (TPSA) is 60.7 Å². The zero-order chi connectivity index (χ0) is 22.8. The summed E-state index contributed by atoms with van der Waals surface area (Å²) in [4.78, 5) is 0. The fourth-order valence-electron chi connectivity index (χ4n) is 6.90. The highest BCUT2D eigenvalue weighted by molar-refractivity contribution is 5.38. The highest BCUT2D eigenvalue weighted by Gasteiger charge is 2.50. The number of aliphatic hydroxyl groups excluding tert-OH is 2. The van der Waals surface area contributed by atoms with E-state index in [9.17, 15) is 15.3 Å². The molecule has 0 amide bonds. The Labute approximate surface area is 190 Å². The summed E-state index contributed by atoms with van der Waals surface area (Å²) in [5.41, 5.74) is 3.22. The van der Waals surface area contributed by atoms with Crippen molar-refractivity contribution in [3.63, 3.8) is 0 Å². The molecule has 0 aromatic heterocycles. The Balaban J connectivity index is 1.66. The minimum absolute atomic E-state index is 0.390. The van der Waals surface area contributed by atoms with Gasteiger partial charge in [-0.1, -0.05) is 57.4 Å². The molecule has 0 saturated heterocycles. The maximum absolute atomic E-state index is 10.1. The number of unbranched alkanes of at least 4 members (excludes halogenated alkanes) is 1. The molecule has 0 heterocycles. The fourth-order valence-corrected chi connectivity index (χ4v) is 6.90. The Morgan fingerprint density at radius 3 is 2.65 bits per heavy atom. The monoisotopic (exact) mass is 430 g/mol. The number of hydrogen-bond donors (Lipinski definition) is 3. The molecule has 3 N–H and O–H groups in total. The quantitative estimate of drug-likeness (QED) is 0.428. The summed E-state index contributed by atoms with van der Waals surface area (Å²) in [7, 11) is 0. The van der Waals surface area contributed by atoms with E-state index in [1.807, 2.05) is 13.8 Å². The Morgan fingerprint density at radius 1 is 1.19 bits per heavy atom. The molecule has 0 aliphatic heterocycles.